The van der Waals surface area contributed by atoms with Gasteiger partial charge in [0.1, 0.15) is 16.1 Å². The Labute approximate surface area is 119 Å². The van der Waals surface area contributed by atoms with Crippen LogP contribution in [-0.2, 0) is 16.0 Å². The lowest BCUT2D eigenvalue weighted by molar-refractivity contribution is -0.145. The maximum Gasteiger partial charge on any atom is 0.327 e. The van der Waals surface area contributed by atoms with E-state index in [2.05, 4.69) is 0 Å². The topological polar surface area (TPSA) is 77.8 Å². The molecule has 0 saturated carbocycles. The fourth-order valence-electron chi connectivity index (χ4n) is 1.81. The number of aliphatic carboxylic acids is 1. The molecule has 0 aromatic heterocycles. The van der Waals surface area contributed by atoms with Crippen molar-refractivity contribution in [1.82, 2.24) is 4.90 Å². The van der Waals surface area contributed by atoms with Crippen molar-refractivity contribution in [2.75, 3.05) is 5.75 Å². The fourth-order valence-corrected chi connectivity index (χ4v) is 2.97. The molecule has 19 heavy (non-hydrogen) atoms. The molecule has 100 valence electrons. The molecule has 2 rings (SSSR count). The van der Waals surface area contributed by atoms with Gasteiger partial charge in [-0.3, -0.25) is 9.69 Å². The molecule has 7 heteroatoms. The van der Waals surface area contributed by atoms with Crippen molar-refractivity contribution in [1.29, 1.82) is 0 Å². The van der Waals surface area contributed by atoms with E-state index in [4.69, 9.17) is 12.2 Å². The zero-order valence-electron chi connectivity index (χ0n) is 9.78. The van der Waals surface area contributed by atoms with E-state index in [1.54, 1.807) is 12.1 Å². The number of aromatic hydroxyl groups is 1. The molecule has 0 bridgehead atoms. The molecule has 1 amide bonds. The van der Waals surface area contributed by atoms with Crippen LogP contribution in [0.25, 0.3) is 0 Å². The summed E-state index contributed by atoms with van der Waals surface area (Å²) in [4.78, 5) is 24.2. The third-order valence-electron chi connectivity index (χ3n) is 2.75. The molecule has 1 aromatic rings. The number of carboxylic acids is 1. The van der Waals surface area contributed by atoms with E-state index >= 15 is 0 Å². The molecule has 1 fully saturated rings. The molecule has 5 nitrogen and oxygen atoms in total. The number of rotatable bonds is 4. The lowest BCUT2D eigenvalue weighted by Crippen LogP contribution is -2.45. The van der Waals surface area contributed by atoms with Gasteiger partial charge in [0.15, 0.2) is 0 Å². The molecule has 1 aromatic carbocycles. The molecule has 1 aliphatic rings. The highest BCUT2D eigenvalue weighted by Crippen LogP contribution is 2.24. The summed E-state index contributed by atoms with van der Waals surface area (Å²) in [6, 6.07) is 5.21. The number of carbonyl (C=O) groups is 2. The van der Waals surface area contributed by atoms with Gasteiger partial charge < -0.3 is 10.2 Å². The Morgan fingerprint density at radius 2 is 2.05 bits per heavy atom. The zero-order chi connectivity index (χ0) is 14.0. The summed E-state index contributed by atoms with van der Waals surface area (Å²) in [7, 11) is 0. The average Bonchev–Trinajstić information content (AvgIpc) is 2.68. The van der Waals surface area contributed by atoms with E-state index in [9.17, 15) is 19.8 Å². The Morgan fingerprint density at radius 3 is 2.53 bits per heavy atom. The molecular formula is C12H11NO4S2. The van der Waals surface area contributed by atoms with Crippen LogP contribution in [0.4, 0.5) is 0 Å². The standard InChI is InChI=1S/C12H11NO4S2/c14-8-3-1-7(2-4-8)5-9(11(16)17)13-10(15)6-19-12(13)18/h1-4,9,14H,5-6H2,(H,16,17)/t9-/m0/s1. The number of amides is 1. The summed E-state index contributed by atoms with van der Waals surface area (Å²) < 4.78 is 0.302. The van der Waals surface area contributed by atoms with Gasteiger partial charge in [-0.05, 0) is 17.7 Å². The van der Waals surface area contributed by atoms with E-state index in [-0.39, 0.29) is 23.8 Å². The second-order valence-corrected chi connectivity index (χ2v) is 5.65. The van der Waals surface area contributed by atoms with Gasteiger partial charge in [0.05, 0.1) is 5.75 Å². The largest absolute Gasteiger partial charge is 0.508 e. The molecule has 0 aliphatic carbocycles. The highest BCUT2D eigenvalue weighted by atomic mass is 32.2. The smallest absolute Gasteiger partial charge is 0.327 e. The molecule has 1 aliphatic heterocycles. The molecule has 0 radical (unpaired) electrons. The van der Waals surface area contributed by atoms with Gasteiger partial charge in [0.25, 0.3) is 0 Å². The SMILES string of the molecule is O=C(O)[C@H](Cc1ccc(O)cc1)N1C(=O)CSC1=S. The minimum atomic E-state index is -1.09. The molecular weight excluding hydrogens is 286 g/mol. The Morgan fingerprint density at radius 1 is 1.42 bits per heavy atom. The Hall–Kier alpha value is -1.60. The van der Waals surface area contributed by atoms with Crippen molar-refractivity contribution in [3.63, 3.8) is 0 Å². The molecule has 1 saturated heterocycles. The van der Waals surface area contributed by atoms with Crippen LogP contribution in [0.5, 0.6) is 5.75 Å². The normalized spacial score (nSPS) is 16.7. The van der Waals surface area contributed by atoms with Crippen LogP contribution < -0.4 is 0 Å². The first-order valence-electron chi connectivity index (χ1n) is 5.48. The number of nitrogens with zero attached hydrogens (tertiary/aromatic N) is 1. The predicted octanol–water partition coefficient (Wildman–Crippen LogP) is 1.25. The Kier molecular flexibility index (Phi) is 4.06. The molecule has 0 unspecified atom stereocenters. The van der Waals surface area contributed by atoms with Crippen molar-refractivity contribution in [2.45, 2.75) is 12.5 Å². The first-order valence-corrected chi connectivity index (χ1v) is 6.88. The first-order chi connectivity index (χ1) is 8.99. The third-order valence-corrected chi connectivity index (χ3v) is 4.13. The Balaban J connectivity index is 2.21. The van der Waals surface area contributed by atoms with E-state index in [0.29, 0.717) is 4.32 Å². The van der Waals surface area contributed by atoms with Gasteiger partial charge >= 0.3 is 5.97 Å². The minimum absolute atomic E-state index is 0.110. The number of thiocarbonyl (C=S) groups is 1. The van der Waals surface area contributed by atoms with Crippen molar-refractivity contribution in [3.05, 3.63) is 29.8 Å². The molecule has 2 N–H and O–H groups in total. The summed E-state index contributed by atoms with van der Waals surface area (Å²) in [5.74, 6) is -1.07. The van der Waals surface area contributed by atoms with E-state index in [1.807, 2.05) is 0 Å². The van der Waals surface area contributed by atoms with Crippen molar-refractivity contribution < 1.29 is 19.8 Å². The van der Waals surface area contributed by atoms with Crippen molar-refractivity contribution in [3.8, 4) is 5.75 Å². The summed E-state index contributed by atoms with van der Waals surface area (Å²) in [5.41, 5.74) is 0.720. The quantitative estimate of drug-likeness (QED) is 0.814. The molecule has 1 atom stereocenters. The maximum absolute atomic E-state index is 11.7. The van der Waals surface area contributed by atoms with Crippen LogP contribution in [0, 0.1) is 0 Å². The fraction of sp³-hybridized carbons (Fsp3) is 0.250. The number of hydrogen-bond donors (Lipinski definition) is 2. The minimum Gasteiger partial charge on any atom is -0.508 e. The van der Waals surface area contributed by atoms with Gasteiger partial charge in [-0.15, -0.1) is 0 Å². The van der Waals surface area contributed by atoms with Crippen LogP contribution in [0.1, 0.15) is 5.56 Å². The number of benzene rings is 1. The number of hydrogen-bond acceptors (Lipinski definition) is 5. The lowest BCUT2D eigenvalue weighted by Gasteiger charge is -2.23. The third kappa shape index (κ3) is 3.05. The van der Waals surface area contributed by atoms with Crippen LogP contribution >= 0.6 is 24.0 Å². The van der Waals surface area contributed by atoms with Gasteiger partial charge in [0.2, 0.25) is 5.91 Å². The second-order valence-electron chi connectivity index (χ2n) is 4.04. The lowest BCUT2D eigenvalue weighted by atomic mass is 10.0. The van der Waals surface area contributed by atoms with E-state index in [1.165, 1.54) is 23.9 Å². The molecule has 0 spiro atoms. The van der Waals surface area contributed by atoms with Gasteiger partial charge in [-0.25, -0.2) is 4.79 Å². The van der Waals surface area contributed by atoms with Gasteiger partial charge in [0, 0.05) is 6.42 Å². The summed E-state index contributed by atoms with van der Waals surface area (Å²) in [5, 5.41) is 18.5. The van der Waals surface area contributed by atoms with Crippen molar-refractivity contribution >= 4 is 40.2 Å². The first kappa shape index (κ1) is 13.8. The number of phenols is 1. The number of carboxylic acid groups (broad SMARTS) is 1. The summed E-state index contributed by atoms with van der Waals surface area (Å²) in [6.45, 7) is 0. The summed E-state index contributed by atoms with van der Waals surface area (Å²) >= 11 is 6.19. The van der Waals surface area contributed by atoms with E-state index in [0.717, 1.165) is 10.5 Å². The number of phenolic OH excluding ortho intramolecular Hbond substituents is 1. The summed E-state index contributed by atoms with van der Waals surface area (Å²) in [6.07, 6.45) is 0.155. The Bertz CT molecular complexity index is 513. The zero-order valence-corrected chi connectivity index (χ0v) is 11.4. The molecule has 1 heterocycles. The van der Waals surface area contributed by atoms with Crippen LogP contribution in [0.15, 0.2) is 24.3 Å². The van der Waals surface area contributed by atoms with Gasteiger partial charge in [-0.2, -0.15) is 0 Å². The van der Waals surface area contributed by atoms with Crippen LogP contribution in [0.2, 0.25) is 0 Å². The number of thioether (sulfide) groups is 1. The van der Waals surface area contributed by atoms with E-state index < -0.39 is 12.0 Å². The average molecular weight is 297 g/mol. The highest BCUT2D eigenvalue weighted by Gasteiger charge is 2.37. The monoisotopic (exact) mass is 297 g/mol. The predicted molar refractivity (Wildman–Crippen MR) is 75.1 cm³/mol. The van der Waals surface area contributed by atoms with Gasteiger partial charge in [-0.1, -0.05) is 36.1 Å². The second kappa shape index (κ2) is 5.58. The maximum atomic E-state index is 11.7. The van der Waals surface area contributed by atoms with Crippen molar-refractivity contribution in [2.24, 2.45) is 0 Å². The van der Waals surface area contributed by atoms with Crippen LogP contribution in [0.3, 0.4) is 0 Å². The van der Waals surface area contributed by atoms with Crippen LogP contribution in [-0.4, -0.2) is 43.1 Å². The highest BCUT2D eigenvalue weighted by molar-refractivity contribution is 8.23. The number of carbonyl (C=O) groups excluding carboxylic acids is 1.